The molecule has 10 amide bonds. The van der Waals surface area contributed by atoms with Gasteiger partial charge in [-0.2, -0.15) is 58.9 Å². The molecule has 7 rings (SSSR count). The number of carboxylic acid groups (broad SMARTS) is 1. The number of esters is 2. The number of nitrogens with zero attached hydrogens (tertiary/aromatic N) is 1. The third-order valence-electron chi connectivity index (χ3n) is 19.4. The zero-order chi connectivity index (χ0) is 104. The minimum atomic E-state index is -5.94. The number of nitrogens with two attached hydrogens (primary N) is 1. The van der Waals surface area contributed by atoms with E-state index in [1.807, 2.05) is 31.9 Å². The molecule has 140 heavy (non-hydrogen) atoms. The van der Waals surface area contributed by atoms with Crippen molar-refractivity contribution >= 4 is 165 Å². The van der Waals surface area contributed by atoms with E-state index >= 15 is 0 Å². The van der Waals surface area contributed by atoms with Crippen molar-refractivity contribution in [3.8, 4) is 28.7 Å². The largest absolute Gasteiger partial charge is 0.480 e. The molecule has 0 bridgehead atoms. The van der Waals surface area contributed by atoms with Crippen molar-refractivity contribution in [1.82, 2.24) is 47.4 Å². The van der Waals surface area contributed by atoms with Gasteiger partial charge in [0.25, 0.3) is 10.2 Å². The first kappa shape index (κ1) is 113. The molecular weight excluding hydrogens is 2020 g/mol. The molecule has 762 valence electrons. The number of amides is 10. The number of carbonyl (C=O) groups is 15. The van der Waals surface area contributed by atoms with Crippen LogP contribution in [0.25, 0.3) is 0 Å². The molecule has 1 fully saturated rings. The molecule has 6 aromatic rings. The van der Waals surface area contributed by atoms with Crippen LogP contribution in [-0.2, 0) is 185 Å². The second-order valence-corrected chi connectivity index (χ2v) is 38.9. The first-order valence-corrected chi connectivity index (χ1v) is 49.9. The molecule has 6 aromatic carbocycles. The molecule has 1 aliphatic heterocycles. The van der Waals surface area contributed by atoms with Crippen LogP contribution in [0.3, 0.4) is 0 Å². The normalized spacial score (nSPS) is 15.1. The van der Waals surface area contributed by atoms with E-state index in [1.54, 1.807) is 30.3 Å². The van der Waals surface area contributed by atoms with Crippen LogP contribution < -0.4 is 75.6 Å². The Morgan fingerprint density at radius 2 is 0.779 bits per heavy atom. The maximum Gasteiger partial charge on any atom is 0.446 e. The van der Waals surface area contributed by atoms with E-state index in [4.69, 9.17) is 19.8 Å². The van der Waals surface area contributed by atoms with Crippen molar-refractivity contribution < 1.29 is 199 Å². The number of hydrogen-bond donors (Lipinski definition) is 18. The Balaban J connectivity index is 1.12. The Morgan fingerprint density at radius 1 is 0.414 bits per heavy atom. The molecule has 0 spiro atoms. The lowest BCUT2D eigenvalue weighted by atomic mass is 10.0. The fourth-order valence-corrected chi connectivity index (χ4v) is 15.5. The summed E-state index contributed by atoms with van der Waals surface area (Å²) < 4.78 is 268. The number of methoxy groups -OCH3 is 1. The highest BCUT2D eigenvalue weighted by Crippen LogP contribution is 2.29. The second kappa shape index (κ2) is 49.2. The van der Waals surface area contributed by atoms with Gasteiger partial charge in [0.05, 0.1) is 38.3 Å². The van der Waals surface area contributed by atoms with E-state index < -0.39 is 311 Å². The highest BCUT2D eigenvalue weighted by atomic mass is 32.3. The van der Waals surface area contributed by atoms with Crippen molar-refractivity contribution in [3.63, 3.8) is 0 Å². The van der Waals surface area contributed by atoms with Gasteiger partial charge in [-0.25, -0.2) is 18.6 Å². The number of likely N-dealkylation sites (tertiary alicyclic amines) is 1. The third kappa shape index (κ3) is 37.5. The fraction of sp³-hybridized carbons (Fsp3) is 0.346. The van der Waals surface area contributed by atoms with Gasteiger partial charge in [-0.1, -0.05) is 105 Å². The van der Waals surface area contributed by atoms with Gasteiger partial charge in [-0.15, -0.1) is 0 Å². The Kier molecular flexibility index (Phi) is 39.8. The molecule has 55 nitrogen and oxygen atoms in total. The molecule has 19 N–H and O–H groups in total. The average Bonchev–Trinajstić information content (AvgIpc) is 1.68. The standard InChI is InChI=1S/C78H89N11O44S7/c1-41(2)32-53(66(93)84-58(39-64(91)135(109,110)111)71(98)82-55(36-45-19-27-49(28-20-45)132-139(121,122)123)69(96)87-59(75(102)103)37-46-21-29-50(30-22-46)133-140(124,125)126)81-70(97)57(38-63(90)134(106,107)108)85-68(95)54(35-44-17-25-48(26-18-44)131-138(118,119)120)83-72(99)60(40-128-137(115,116)117)88-65(92)51(79)33-43-15-23-47(24-16-43)129-77(105)78(136(112,113)114)130-62-14-8-7-12-52(62)80-67(94)56(34-42-10-5-4-6-11-42)86-73(100)61-13-9-31-89(61)74(101)76(104)127-3/h4-8,10-12,14-30,41,51,53-61,78H,9,13,31-40,79H2,1-3H3,(H,80,94)(H,81,97)(H,82,98)(H,83,99)(H,84,93)(H,85,95)(H,86,100)(H,87,96)(H,88,92)(H,102,103)(H,106,107,108)(H,109,110,111)(H,112,113,114)(H,115,116,117)(H,118,119,120)(H,121,122,123)(H,124,125,126)/t51-,53-,54-,55-,56-,57-,58-,59-,60-,61-,78?/m0/s1. The third-order valence-corrected chi connectivity index (χ3v) is 23.3. The molecule has 0 aromatic heterocycles. The number of rotatable bonds is 49. The van der Waals surface area contributed by atoms with Gasteiger partial charge >= 0.3 is 101 Å². The smallest absolute Gasteiger partial charge is 0.446 e. The molecule has 0 saturated carbocycles. The fourth-order valence-electron chi connectivity index (χ4n) is 12.9. The Labute approximate surface area is 795 Å². The summed E-state index contributed by atoms with van der Waals surface area (Å²) in [6.45, 7) is 1.03. The lowest BCUT2D eigenvalue weighted by Crippen LogP contribution is -2.61. The molecule has 0 radical (unpaired) electrons. The summed E-state index contributed by atoms with van der Waals surface area (Å²) in [5.74, 6) is -23.2. The number of hydrogen-bond acceptors (Lipinski definition) is 37. The summed E-state index contributed by atoms with van der Waals surface area (Å²) in [5.41, 5.74) is 3.13. The van der Waals surface area contributed by atoms with E-state index in [1.165, 1.54) is 32.0 Å². The summed E-state index contributed by atoms with van der Waals surface area (Å²) in [4.78, 5) is 208. The molecule has 1 heterocycles. The molecule has 0 aliphatic carbocycles. The van der Waals surface area contributed by atoms with E-state index in [9.17, 15) is 163 Å². The summed E-state index contributed by atoms with van der Waals surface area (Å²) in [6, 6.07) is 7.09. The molecule has 62 heteroatoms. The van der Waals surface area contributed by atoms with Crippen LogP contribution in [0.2, 0.25) is 0 Å². The molecule has 1 saturated heterocycles. The predicted molar refractivity (Wildman–Crippen MR) is 471 cm³/mol. The SMILES string of the molecule is COC(=O)C(=O)N1CCC[C@H]1C(=O)N[C@@H](Cc1ccccc1)C(=O)Nc1ccccc1OC(C(=O)Oc1ccc(C[C@H](N)C(=O)N[C@@H](COS(=O)(=O)O)C(=O)N[C@@H](Cc2ccc(OS(=O)(=O)O)cc2)C(=O)N[C@@H](CC(=O)S(=O)(=O)O)C(=O)N[C@@H](CC(C)C)C(=O)N[C@@H](CC(=O)S(=O)(=O)O)C(=O)N[C@@H](Cc2ccc(OS(=O)(=O)O)cc2)C(=O)N[C@@H](Cc2ccc(OS(=O)(=O)O)cc2)C(=O)O)cc1)S(=O)(=O)O. The van der Waals surface area contributed by atoms with Crippen LogP contribution in [0.4, 0.5) is 5.69 Å². The quantitative estimate of drug-likeness (QED) is 0.00745. The molecule has 11 atom stereocenters. The lowest BCUT2D eigenvalue weighted by Gasteiger charge is -2.28. The zero-order valence-corrected chi connectivity index (χ0v) is 78.2. The first-order chi connectivity index (χ1) is 65.0. The van der Waals surface area contributed by atoms with Crippen molar-refractivity contribution in [1.29, 1.82) is 0 Å². The maximum atomic E-state index is 14.8. The van der Waals surface area contributed by atoms with E-state index in [2.05, 4.69) is 37.4 Å². The highest BCUT2D eigenvalue weighted by molar-refractivity contribution is 8.01. The van der Waals surface area contributed by atoms with E-state index in [0.717, 1.165) is 115 Å². The van der Waals surface area contributed by atoms with Gasteiger partial charge in [0.1, 0.15) is 83.1 Å². The number of carbonyl (C=O) groups excluding carboxylic acids is 14. The van der Waals surface area contributed by atoms with Gasteiger partial charge in [-0.05, 0) is 120 Å². The first-order valence-electron chi connectivity index (χ1n) is 40.1. The monoisotopic (exact) mass is 2110 g/mol. The van der Waals surface area contributed by atoms with Gasteiger partial charge < -0.3 is 90.4 Å². The minimum absolute atomic E-state index is 0.00892. The Bertz CT molecular complexity index is 6490. The zero-order valence-electron chi connectivity index (χ0n) is 72.5. The number of benzene rings is 6. The Hall–Kier alpha value is -13.7. The highest BCUT2D eigenvalue weighted by Gasteiger charge is 2.43. The second-order valence-electron chi connectivity index (χ2n) is 30.5. The van der Waals surface area contributed by atoms with Gasteiger partial charge in [-0.3, -0.25) is 89.4 Å². The van der Waals surface area contributed by atoms with Crippen molar-refractivity contribution in [2.24, 2.45) is 11.7 Å². The number of ether oxygens (including phenoxy) is 3. The van der Waals surface area contributed by atoms with E-state index in [-0.39, 0.29) is 47.3 Å². The predicted octanol–water partition coefficient (Wildman–Crippen LogP) is -4.19. The van der Waals surface area contributed by atoms with Gasteiger partial charge in [0.2, 0.25) is 53.2 Å². The summed E-state index contributed by atoms with van der Waals surface area (Å²) >= 11 is 0. The number of nitrogens with one attached hydrogen (secondary N) is 9. The lowest BCUT2D eigenvalue weighted by molar-refractivity contribution is -0.159. The van der Waals surface area contributed by atoms with Crippen molar-refractivity contribution in [2.45, 2.75) is 144 Å². The van der Waals surface area contributed by atoms with Crippen LogP contribution >= 0.6 is 0 Å². The molecule has 1 aliphatic rings. The summed E-state index contributed by atoms with van der Waals surface area (Å²) in [6.07, 6.45) is -7.32. The van der Waals surface area contributed by atoms with Crippen LogP contribution in [0.5, 0.6) is 28.7 Å². The molecular formula is C78H89N11O44S7. The van der Waals surface area contributed by atoms with Gasteiger partial charge in [0.15, 0.2) is 0 Å². The number of para-hydroxylation sites is 2. The topological polar surface area (TPSA) is 859 Å². The summed E-state index contributed by atoms with van der Waals surface area (Å²) in [7, 11) is -37.6. The van der Waals surface area contributed by atoms with Crippen molar-refractivity contribution in [3.05, 3.63) is 179 Å². The van der Waals surface area contributed by atoms with Crippen molar-refractivity contribution in [2.75, 3.05) is 25.6 Å². The maximum absolute atomic E-state index is 14.8. The van der Waals surface area contributed by atoms with Crippen LogP contribution in [0, 0.1) is 5.92 Å². The van der Waals surface area contributed by atoms with E-state index in [0.29, 0.717) is 12.0 Å². The number of anilines is 1. The number of carboxylic acids is 1. The summed E-state index contributed by atoms with van der Waals surface area (Å²) in [5, 5.41) is 24.6. The Morgan fingerprint density at radius 3 is 1.19 bits per heavy atom. The number of aliphatic carboxylic acids is 1. The molecule has 1 unspecified atom stereocenters. The van der Waals surface area contributed by atoms with Gasteiger partial charge in [0, 0.05) is 32.2 Å². The van der Waals surface area contributed by atoms with Crippen LogP contribution in [0.1, 0.15) is 73.8 Å². The van der Waals surface area contributed by atoms with Crippen LogP contribution in [-0.4, -0.2) is 274 Å². The average molecular weight is 2110 g/mol. The van der Waals surface area contributed by atoms with Crippen LogP contribution in [0.15, 0.2) is 152 Å². The minimum Gasteiger partial charge on any atom is -0.480 e.